The first-order chi connectivity index (χ1) is 17.3. The first-order valence-electron chi connectivity index (χ1n) is 12.3. The molecular formula is C27H28N4O5. The number of aromatic nitrogens is 2. The summed E-state index contributed by atoms with van der Waals surface area (Å²) in [6, 6.07) is 8.04. The molecule has 0 bridgehead atoms. The van der Waals surface area contributed by atoms with Crippen molar-refractivity contribution in [3.63, 3.8) is 0 Å². The minimum absolute atomic E-state index is 0.102. The van der Waals surface area contributed by atoms with Crippen molar-refractivity contribution in [3.05, 3.63) is 51.3 Å². The van der Waals surface area contributed by atoms with E-state index in [0.717, 1.165) is 34.3 Å². The van der Waals surface area contributed by atoms with Gasteiger partial charge < -0.3 is 19.1 Å². The summed E-state index contributed by atoms with van der Waals surface area (Å²) in [6.45, 7) is 6.91. The van der Waals surface area contributed by atoms with E-state index in [1.807, 2.05) is 18.2 Å². The van der Waals surface area contributed by atoms with Crippen LogP contribution in [-0.4, -0.2) is 40.3 Å². The number of rotatable bonds is 4. The molecule has 1 N–H and O–H groups in total. The molecule has 0 saturated carbocycles. The van der Waals surface area contributed by atoms with Crippen LogP contribution in [0.2, 0.25) is 0 Å². The van der Waals surface area contributed by atoms with Crippen molar-refractivity contribution in [1.29, 1.82) is 0 Å². The average molecular weight is 489 g/mol. The van der Waals surface area contributed by atoms with Crippen LogP contribution in [-0.2, 0) is 33.0 Å². The molecule has 9 heteroatoms. The molecule has 5 heterocycles. The molecule has 0 fully saturated rings. The van der Waals surface area contributed by atoms with E-state index in [-0.39, 0.29) is 18.6 Å². The lowest BCUT2D eigenvalue weighted by Crippen LogP contribution is -2.44. The van der Waals surface area contributed by atoms with Gasteiger partial charge in [0.05, 0.1) is 52.9 Å². The number of hydrogen-bond acceptors (Lipinski definition) is 8. The molecule has 0 saturated heterocycles. The Morgan fingerprint density at radius 3 is 2.78 bits per heavy atom. The van der Waals surface area contributed by atoms with Gasteiger partial charge in [-0.15, -0.1) is 0 Å². The number of carbonyl (C=O) groups is 1. The minimum atomic E-state index is -1.86. The van der Waals surface area contributed by atoms with Crippen molar-refractivity contribution in [2.24, 2.45) is 10.9 Å². The minimum Gasteiger partial charge on any atom is -0.468 e. The quantitative estimate of drug-likeness (QED) is 0.438. The van der Waals surface area contributed by atoms with Crippen LogP contribution in [0.1, 0.15) is 50.3 Å². The topological polar surface area (TPSA) is 106 Å². The van der Waals surface area contributed by atoms with Crippen LogP contribution in [0.25, 0.3) is 22.3 Å². The fourth-order valence-electron chi connectivity index (χ4n) is 5.49. The lowest BCUT2D eigenvalue weighted by molar-refractivity contribution is -0.172. The molecule has 9 nitrogen and oxygen atoms in total. The standard InChI is InChI=1S/C27H28N4O5/c1-5-27(34)17-11-20-22-15(12-31(20)24(32)16(17)13-36-25(27)33)23-21-18(28-22)7-6-8-19(21)29-26(35-4)30(23)10-9-14(2)3/h6-8,11,14,34H,5,9-10,12-13H2,1-4H3/t27-/m0/s1. The first kappa shape index (κ1) is 22.7. The van der Waals surface area contributed by atoms with Gasteiger partial charge in [-0.2, -0.15) is 4.99 Å². The van der Waals surface area contributed by atoms with Gasteiger partial charge in [-0.05, 0) is 37.0 Å². The molecule has 1 aromatic carbocycles. The molecule has 3 aliphatic rings. The highest BCUT2D eigenvalue weighted by atomic mass is 16.6. The average Bonchev–Trinajstić information content (AvgIpc) is 3.24. The Balaban J connectivity index is 1.63. The van der Waals surface area contributed by atoms with E-state index in [0.29, 0.717) is 47.5 Å². The van der Waals surface area contributed by atoms with E-state index in [4.69, 9.17) is 19.5 Å². The number of aliphatic hydroxyl groups is 1. The molecule has 3 aliphatic heterocycles. The van der Waals surface area contributed by atoms with Gasteiger partial charge in [0.1, 0.15) is 6.61 Å². The van der Waals surface area contributed by atoms with Crippen molar-refractivity contribution >= 4 is 34.3 Å². The molecule has 3 aromatic rings. The van der Waals surface area contributed by atoms with Crippen molar-refractivity contribution < 1.29 is 19.4 Å². The molecule has 0 spiro atoms. The maximum Gasteiger partial charge on any atom is 0.343 e. The number of pyridine rings is 2. The third-order valence-corrected chi connectivity index (χ3v) is 7.49. The summed E-state index contributed by atoms with van der Waals surface area (Å²) in [5.41, 5.74) is 3.12. The lowest BCUT2D eigenvalue weighted by atomic mass is 9.86. The van der Waals surface area contributed by atoms with Crippen LogP contribution in [0.4, 0.5) is 11.4 Å². The van der Waals surface area contributed by atoms with Crippen LogP contribution in [0.5, 0.6) is 0 Å². The summed E-state index contributed by atoms with van der Waals surface area (Å²) in [5.74, 6) is -0.256. The summed E-state index contributed by atoms with van der Waals surface area (Å²) >= 11 is 0. The highest BCUT2D eigenvalue weighted by molar-refractivity contribution is 6.14. The summed E-state index contributed by atoms with van der Waals surface area (Å²) in [5, 5.41) is 12.1. The van der Waals surface area contributed by atoms with Crippen molar-refractivity contribution in [1.82, 2.24) is 9.55 Å². The number of nitrogens with zero attached hydrogens (tertiary/aromatic N) is 4. The number of hydrogen-bond donors (Lipinski definition) is 1. The Kier molecular flexibility index (Phi) is 4.98. The van der Waals surface area contributed by atoms with Crippen LogP contribution in [0, 0.1) is 5.92 Å². The first-order valence-corrected chi connectivity index (χ1v) is 12.3. The van der Waals surface area contributed by atoms with E-state index in [9.17, 15) is 14.7 Å². The van der Waals surface area contributed by atoms with Gasteiger partial charge in [0.2, 0.25) is 0 Å². The van der Waals surface area contributed by atoms with E-state index in [2.05, 4.69) is 18.7 Å². The van der Waals surface area contributed by atoms with Gasteiger partial charge in [0.25, 0.3) is 11.6 Å². The number of methoxy groups -OCH3 is 1. The number of cyclic esters (lactones) is 1. The van der Waals surface area contributed by atoms with Gasteiger partial charge in [-0.3, -0.25) is 9.69 Å². The van der Waals surface area contributed by atoms with Crippen LogP contribution in [0.15, 0.2) is 34.1 Å². The van der Waals surface area contributed by atoms with Gasteiger partial charge in [-0.25, -0.2) is 9.78 Å². The fourth-order valence-corrected chi connectivity index (χ4v) is 5.49. The maximum absolute atomic E-state index is 13.6. The second kappa shape index (κ2) is 7.89. The van der Waals surface area contributed by atoms with Gasteiger partial charge >= 0.3 is 5.97 Å². The molecule has 0 amide bonds. The van der Waals surface area contributed by atoms with Crippen LogP contribution >= 0.6 is 0 Å². The normalized spacial score (nSPS) is 19.7. The highest BCUT2D eigenvalue weighted by Gasteiger charge is 2.46. The number of ether oxygens (including phenoxy) is 2. The monoisotopic (exact) mass is 488 g/mol. The van der Waals surface area contributed by atoms with Gasteiger partial charge in [0, 0.05) is 17.7 Å². The third-order valence-electron chi connectivity index (χ3n) is 7.49. The van der Waals surface area contributed by atoms with E-state index < -0.39 is 11.6 Å². The van der Waals surface area contributed by atoms with Gasteiger partial charge in [-0.1, -0.05) is 26.8 Å². The number of benzene rings is 1. The highest BCUT2D eigenvalue weighted by Crippen LogP contribution is 2.47. The Hall–Kier alpha value is -3.72. The Labute approximate surface area is 208 Å². The summed E-state index contributed by atoms with van der Waals surface area (Å²) in [4.78, 5) is 38.0. The number of esters is 1. The molecular weight excluding hydrogens is 460 g/mol. The third kappa shape index (κ3) is 2.98. The zero-order valence-corrected chi connectivity index (χ0v) is 20.8. The molecule has 0 radical (unpaired) electrons. The number of amidine groups is 1. The van der Waals surface area contributed by atoms with Crippen LogP contribution < -0.4 is 10.5 Å². The summed E-state index contributed by atoms with van der Waals surface area (Å²) < 4.78 is 12.6. The molecule has 0 aliphatic carbocycles. The molecule has 0 unspecified atom stereocenters. The molecule has 1 atom stereocenters. The van der Waals surface area contributed by atoms with Crippen molar-refractivity contribution in [3.8, 4) is 11.4 Å². The van der Waals surface area contributed by atoms with E-state index in [1.54, 1.807) is 24.7 Å². The molecule has 2 aromatic heterocycles. The van der Waals surface area contributed by atoms with E-state index in [1.165, 1.54) is 0 Å². The Morgan fingerprint density at radius 1 is 1.25 bits per heavy atom. The maximum atomic E-state index is 13.6. The van der Waals surface area contributed by atoms with Crippen molar-refractivity contribution in [2.75, 3.05) is 18.6 Å². The second-order valence-corrected chi connectivity index (χ2v) is 9.99. The Bertz CT molecular complexity index is 1540. The lowest BCUT2D eigenvalue weighted by Gasteiger charge is -2.31. The predicted octanol–water partition coefficient (Wildman–Crippen LogP) is 3.58. The predicted molar refractivity (Wildman–Crippen MR) is 135 cm³/mol. The molecule has 186 valence electrons. The van der Waals surface area contributed by atoms with Crippen LogP contribution in [0.3, 0.4) is 0 Å². The largest absolute Gasteiger partial charge is 0.468 e. The van der Waals surface area contributed by atoms with E-state index >= 15 is 0 Å². The molecule has 6 rings (SSSR count). The Morgan fingerprint density at radius 2 is 2.06 bits per heavy atom. The fraction of sp³-hybridized carbons (Fsp3) is 0.407. The number of carbonyl (C=O) groups excluding carboxylic acids is 1. The zero-order valence-electron chi connectivity index (χ0n) is 20.8. The summed E-state index contributed by atoms with van der Waals surface area (Å²) in [7, 11) is 1.61. The SMILES string of the molecule is CC[C@@]1(O)C(=O)OCc2c1cc1n(c2=O)Cc2c-1nc1cccc3c1c2N(CCC(C)C)C(OC)=N3. The number of anilines is 1. The van der Waals surface area contributed by atoms with Crippen molar-refractivity contribution in [2.45, 2.75) is 52.4 Å². The van der Waals surface area contributed by atoms with Gasteiger partial charge in [0.15, 0.2) is 5.60 Å². The zero-order chi connectivity index (χ0) is 25.4. The molecule has 36 heavy (non-hydrogen) atoms. The summed E-state index contributed by atoms with van der Waals surface area (Å²) in [6.07, 6.45) is 1.03. The second-order valence-electron chi connectivity index (χ2n) is 9.99. The number of aliphatic imine (C=N–C) groups is 1. The smallest absolute Gasteiger partial charge is 0.343 e. The number of fused-ring (bicyclic) bond motifs is 5.